The molecule has 0 bridgehead atoms. The molecule has 180 valence electrons. The fraction of sp³-hybridized carbons (Fsp3) is 0.600. The Hall–Kier alpha value is -0.930. The highest BCUT2D eigenvalue weighted by molar-refractivity contribution is 8.16. The molecule has 0 unspecified atom stereocenters. The SMILES string of the molecule is CCCCCC1CSC(c2ccc(-c3ccc([C@H]4CC[C@H](CCC)CC4)cc3F)cc2)SC1. The summed E-state index contributed by atoms with van der Waals surface area (Å²) in [4.78, 5) is 0. The summed E-state index contributed by atoms with van der Waals surface area (Å²) in [6.45, 7) is 4.56. The van der Waals surface area contributed by atoms with E-state index in [0.717, 1.165) is 23.0 Å². The Morgan fingerprint density at radius 3 is 2.09 bits per heavy atom. The number of hydrogen-bond donors (Lipinski definition) is 0. The van der Waals surface area contributed by atoms with Crippen molar-refractivity contribution in [3.63, 3.8) is 0 Å². The number of hydrogen-bond acceptors (Lipinski definition) is 2. The molecule has 1 saturated carbocycles. The first kappa shape index (κ1) is 25.2. The molecular weight excluding hydrogens is 443 g/mol. The lowest BCUT2D eigenvalue weighted by Crippen LogP contribution is -2.14. The Labute approximate surface area is 209 Å². The zero-order valence-corrected chi connectivity index (χ0v) is 22.2. The van der Waals surface area contributed by atoms with Crippen molar-refractivity contribution in [2.75, 3.05) is 11.5 Å². The van der Waals surface area contributed by atoms with E-state index in [-0.39, 0.29) is 5.82 Å². The van der Waals surface area contributed by atoms with Gasteiger partial charge in [0.2, 0.25) is 0 Å². The van der Waals surface area contributed by atoms with Crippen LogP contribution in [0.5, 0.6) is 0 Å². The zero-order valence-electron chi connectivity index (χ0n) is 20.5. The molecule has 2 fully saturated rings. The van der Waals surface area contributed by atoms with Gasteiger partial charge in [0.15, 0.2) is 0 Å². The van der Waals surface area contributed by atoms with Gasteiger partial charge in [0, 0.05) is 5.56 Å². The average Bonchev–Trinajstić information content (AvgIpc) is 2.85. The van der Waals surface area contributed by atoms with Crippen molar-refractivity contribution in [3.05, 3.63) is 59.4 Å². The minimum Gasteiger partial charge on any atom is -0.206 e. The number of rotatable bonds is 9. The summed E-state index contributed by atoms with van der Waals surface area (Å²) < 4.78 is 15.6. The highest BCUT2D eigenvalue weighted by atomic mass is 32.2. The van der Waals surface area contributed by atoms with Crippen LogP contribution < -0.4 is 0 Å². The topological polar surface area (TPSA) is 0 Å². The molecule has 4 rings (SSSR count). The first-order valence-electron chi connectivity index (χ1n) is 13.3. The van der Waals surface area contributed by atoms with Crippen molar-refractivity contribution in [1.29, 1.82) is 0 Å². The Bertz CT molecular complexity index is 846. The highest BCUT2D eigenvalue weighted by Crippen LogP contribution is 2.47. The molecule has 1 aliphatic heterocycles. The monoisotopic (exact) mass is 484 g/mol. The molecule has 2 aromatic rings. The van der Waals surface area contributed by atoms with Crippen molar-refractivity contribution in [2.45, 2.75) is 88.6 Å². The molecule has 1 saturated heterocycles. The van der Waals surface area contributed by atoms with Gasteiger partial charge in [0.1, 0.15) is 5.82 Å². The maximum atomic E-state index is 15.1. The Kier molecular flexibility index (Phi) is 9.67. The van der Waals surface area contributed by atoms with E-state index in [1.54, 1.807) is 0 Å². The second kappa shape index (κ2) is 12.7. The third kappa shape index (κ3) is 6.82. The van der Waals surface area contributed by atoms with Crippen LogP contribution >= 0.6 is 23.5 Å². The molecule has 0 spiro atoms. The van der Waals surface area contributed by atoms with Gasteiger partial charge in [-0.1, -0.05) is 82.3 Å². The normalized spacial score (nSPS) is 25.8. The van der Waals surface area contributed by atoms with Crippen molar-refractivity contribution < 1.29 is 4.39 Å². The molecule has 33 heavy (non-hydrogen) atoms. The van der Waals surface area contributed by atoms with Gasteiger partial charge in [-0.2, -0.15) is 0 Å². The van der Waals surface area contributed by atoms with Crippen molar-refractivity contribution in [1.82, 2.24) is 0 Å². The number of unbranched alkanes of at least 4 members (excludes halogenated alkanes) is 2. The zero-order chi connectivity index (χ0) is 23.0. The molecular formula is C30H41FS2. The van der Waals surface area contributed by atoms with Gasteiger partial charge in [-0.25, -0.2) is 4.39 Å². The molecule has 0 atom stereocenters. The van der Waals surface area contributed by atoms with Crippen LogP contribution in [-0.4, -0.2) is 11.5 Å². The lowest BCUT2D eigenvalue weighted by molar-refractivity contribution is 0.308. The van der Waals surface area contributed by atoms with Crippen molar-refractivity contribution in [2.24, 2.45) is 11.8 Å². The Morgan fingerprint density at radius 1 is 0.758 bits per heavy atom. The molecule has 0 N–H and O–H groups in total. The van der Waals surface area contributed by atoms with Gasteiger partial charge < -0.3 is 0 Å². The van der Waals surface area contributed by atoms with E-state index in [4.69, 9.17) is 0 Å². The van der Waals surface area contributed by atoms with Crippen molar-refractivity contribution >= 4 is 23.5 Å². The van der Waals surface area contributed by atoms with E-state index >= 15 is 4.39 Å². The number of thioether (sulfide) groups is 2. The van der Waals surface area contributed by atoms with Gasteiger partial charge in [0.25, 0.3) is 0 Å². The highest BCUT2D eigenvalue weighted by Gasteiger charge is 2.24. The van der Waals surface area contributed by atoms with E-state index in [2.05, 4.69) is 67.7 Å². The van der Waals surface area contributed by atoms with E-state index in [0.29, 0.717) is 10.5 Å². The summed E-state index contributed by atoms with van der Waals surface area (Å²) in [6, 6.07) is 14.7. The molecule has 2 aromatic carbocycles. The van der Waals surface area contributed by atoms with E-state index in [1.165, 1.54) is 86.8 Å². The minimum atomic E-state index is -0.0627. The van der Waals surface area contributed by atoms with Crippen LogP contribution in [-0.2, 0) is 0 Å². The van der Waals surface area contributed by atoms with Gasteiger partial charge in [-0.05, 0) is 84.1 Å². The summed E-state index contributed by atoms with van der Waals surface area (Å²) >= 11 is 4.19. The van der Waals surface area contributed by atoms with Crippen molar-refractivity contribution in [3.8, 4) is 11.1 Å². The summed E-state index contributed by atoms with van der Waals surface area (Å²) in [5.74, 6) is 4.79. The third-order valence-corrected chi connectivity index (χ3v) is 11.0. The van der Waals surface area contributed by atoms with Crippen LogP contribution in [0.2, 0.25) is 0 Å². The lowest BCUT2D eigenvalue weighted by Gasteiger charge is -2.29. The summed E-state index contributed by atoms with van der Waals surface area (Å²) in [5, 5.41) is 0. The molecule has 0 amide bonds. The summed E-state index contributed by atoms with van der Waals surface area (Å²) in [7, 11) is 0. The maximum Gasteiger partial charge on any atom is 0.131 e. The average molecular weight is 485 g/mol. The maximum absolute atomic E-state index is 15.1. The molecule has 2 aliphatic rings. The van der Waals surface area contributed by atoms with Crippen LogP contribution in [0.1, 0.15) is 99.7 Å². The molecule has 1 aliphatic carbocycles. The fourth-order valence-corrected chi connectivity index (χ4v) is 8.78. The second-order valence-corrected chi connectivity index (χ2v) is 12.8. The van der Waals surface area contributed by atoms with E-state index in [9.17, 15) is 0 Å². The van der Waals surface area contributed by atoms with Crippen LogP contribution in [0.25, 0.3) is 11.1 Å². The lowest BCUT2D eigenvalue weighted by atomic mass is 9.77. The van der Waals surface area contributed by atoms with Gasteiger partial charge >= 0.3 is 0 Å². The van der Waals surface area contributed by atoms with Gasteiger partial charge in [-0.15, -0.1) is 23.5 Å². The summed E-state index contributed by atoms with van der Waals surface area (Å²) in [6.07, 6.45) is 13.1. The number of halogens is 1. The standard InChI is InChI=1S/C30H41FS2/c1-3-5-6-8-23-20-32-30(33-21-23)26-15-13-25(14-16-26)28-18-17-27(19-29(28)31)24-11-9-22(7-4-2)10-12-24/h13-19,22-24,30H,3-12,20-21H2,1-2H3/t22-,23?,24-,30?. The van der Waals surface area contributed by atoms with Crippen LogP contribution in [0, 0.1) is 17.7 Å². The fourth-order valence-electron chi connectivity index (χ4n) is 5.62. The largest absolute Gasteiger partial charge is 0.206 e. The first-order valence-corrected chi connectivity index (χ1v) is 15.4. The summed E-state index contributed by atoms with van der Waals surface area (Å²) in [5.41, 5.74) is 4.32. The quantitative estimate of drug-likeness (QED) is 0.325. The predicted octanol–water partition coefficient (Wildman–Crippen LogP) is 10.2. The first-order chi connectivity index (χ1) is 16.2. The molecule has 0 aromatic heterocycles. The predicted molar refractivity (Wildman–Crippen MR) is 147 cm³/mol. The molecule has 3 heteroatoms. The van der Waals surface area contributed by atoms with E-state index in [1.807, 2.05) is 12.1 Å². The second-order valence-electron chi connectivity index (χ2n) is 10.2. The van der Waals surface area contributed by atoms with E-state index < -0.39 is 0 Å². The van der Waals surface area contributed by atoms with Gasteiger partial charge in [0.05, 0.1) is 4.58 Å². The van der Waals surface area contributed by atoms with Crippen LogP contribution in [0.3, 0.4) is 0 Å². The molecule has 0 radical (unpaired) electrons. The van der Waals surface area contributed by atoms with Crippen LogP contribution in [0.15, 0.2) is 42.5 Å². The number of benzene rings is 2. The minimum absolute atomic E-state index is 0.0627. The molecule has 1 heterocycles. The smallest absolute Gasteiger partial charge is 0.131 e. The Morgan fingerprint density at radius 2 is 1.45 bits per heavy atom. The third-order valence-electron chi connectivity index (χ3n) is 7.68. The van der Waals surface area contributed by atoms with Gasteiger partial charge in [-0.3, -0.25) is 0 Å². The van der Waals surface area contributed by atoms with Crippen LogP contribution in [0.4, 0.5) is 4.39 Å². The molecule has 0 nitrogen and oxygen atoms in total. The Balaban J connectivity index is 1.33.